The lowest BCUT2D eigenvalue weighted by Gasteiger charge is -2.17. The molecule has 1 aliphatic heterocycles. The van der Waals surface area contributed by atoms with Gasteiger partial charge >= 0.3 is 0 Å². The van der Waals surface area contributed by atoms with E-state index in [0.717, 1.165) is 18.5 Å². The summed E-state index contributed by atoms with van der Waals surface area (Å²) in [5.41, 5.74) is 3.88. The zero-order valence-corrected chi connectivity index (χ0v) is 15.7. The van der Waals surface area contributed by atoms with Crippen molar-refractivity contribution in [1.82, 2.24) is 9.88 Å². The number of hydrogen-bond donors (Lipinski definition) is 1. The average Bonchev–Trinajstić information content (AvgIpc) is 3.09. The molecule has 27 heavy (non-hydrogen) atoms. The third-order valence-corrected chi connectivity index (χ3v) is 5.03. The molecule has 140 valence electrons. The largest absolute Gasteiger partial charge is 0.493 e. The summed E-state index contributed by atoms with van der Waals surface area (Å²) >= 11 is 0. The summed E-state index contributed by atoms with van der Waals surface area (Å²) < 4.78 is 16.4. The van der Waals surface area contributed by atoms with Crippen molar-refractivity contribution in [3.63, 3.8) is 0 Å². The van der Waals surface area contributed by atoms with Crippen molar-refractivity contribution < 1.29 is 14.2 Å². The number of aromatic nitrogens is 1. The number of ether oxygens (including phenoxy) is 3. The normalized spacial score (nSPS) is 13.6. The van der Waals surface area contributed by atoms with Crippen molar-refractivity contribution in [3.8, 4) is 17.2 Å². The first kappa shape index (κ1) is 17.4. The molecule has 1 aromatic heterocycles. The van der Waals surface area contributed by atoms with E-state index in [-0.39, 0.29) is 5.56 Å². The molecule has 1 N–H and O–H groups in total. The fourth-order valence-corrected chi connectivity index (χ4v) is 3.74. The van der Waals surface area contributed by atoms with E-state index in [0.29, 0.717) is 34.9 Å². The van der Waals surface area contributed by atoms with Crippen LogP contribution in [0.1, 0.15) is 16.7 Å². The van der Waals surface area contributed by atoms with Crippen LogP contribution in [0.5, 0.6) is 17.2 Å². The summed E-state index contributed by atoms with van der Waals surface area (Å²) in [5.74, 6) is 1.58. The Balaban J connectivity index is 1.74. The van der Waals surface area contributed by atoms with Crippen LogP contribution in [0.4, 0.5) is 0 Å². The quantitative estimate of drug-likeness (QED) is 0.752. The van der Waals surface area contributed by atoms with Gasteiger partial charge < -0.3 is 19.2 Å². The molecule has 0 spiro atoms. The van der Waals surface area contributed by atoms with Crippen molar-refractivity contribution in [1.29, 1.82) is 0 Å². The number of rotatable bonds is 5. The fourth-order valence-electron chi connectivity index (χ4n) is 3.74. The molecule has 2 heterocycles. The highest BCUT2D eigenvalue weighted by atomic mass is 16.5. The standard InChI is InChI=1S/C21H22N2O4/c1-25-18-9-17-16(19(26-2)20(18)27-3)8-15(21(24)22-17)12-23-10-13-6-4-5-7-14(13)11-23/h4-9H,10-12H2,1-3H3,(H,22,24). The number of fused-ring (bicyclic) bond motifs is 2. The molecule has 0 bridgehead atoms. The Hall–Kier alpha value is -2.99. The Labute approximate surface area is 157 Å². The first-order valence-corrected chi connectivity index (χ1v) is 8.78. The lowest BCUT2D eigenvalue weighted by Crippen LogP contribution is -2.22. The van der Waals surface area contributed by atoms with Crippen LogP contribution in [0, 0.1) is 0 Å². The van der Waals surface area contributed by atoms with Crippen LogP contribution in [-0.4, -0.2) is 31.2 Å². The molecule has 0 amide bonds. The highest BCUT2D eigenvalue weighted by Crippen LogP contribution is 2.42. The maximum Gasteiger partial charge on any atom is 0.252 e. The predicted molar refractivity (Wildman–Crippen MR) is 104 cm³/mol. The Bertz CT molecular complexity index is 1030. The lowest BCUT2D eigenvalue weighted by atomic mass is 10.1. The van der Waals surface area contributed by atoms with E-state index in [4.69, 9.17) is 14.2 Å². The zero-order valence-electron chi connectivity index (χ0n) is 15.7. The molecule has 4 rings (SSSR count). The first-order valence-electron chi connectivity index (χ1n) is 8.78. The van der Waals surface area contributed by atoms with E-state index in [2.05, 4.69) is 34.1 Å². The van der Waals surface area contributed by atoms with Gasteiger partial charge in [-0.2, -0.15) is 0 Å². The molecule has 0 aliphatic carbocycles. The Kier molecular flexibility index (Phi) is 4.49. The van der Waals surface area contributed by atoms with E-state index in [1.807, 2.05) is 6.07 Å². The number of benzene rings is 2. The van der Waals surface area contributed by atoms with Gasteiger partial charge in [0.25, 0.3) is 5.56 Å². The molecule has 0 unspecified atom stereocenters. The second-order valence-corrected chi connectivity index (χ2v) is 6.64. The summed E-state index contributed by atoms with van der Waals surface area (Å²) in [6, 6.07) is 12.0. The number of hydrogen-bond acceptors (Lipinski definition) is 5. The van der Waals surface area contributed by atoms with Crippen LogP contribution in [0.25, 0.3) is 10.9 Å². The molecule has 1 aliphatic rings. The molecule has 2 aromatic carbocycles. The van der Waals surface area contributed by atoms with Crippen LogP contribution in [0.2, 0.25) is 0 Å². The Morgan fingerprint density at radius 1 is 0.963 bits per heavy atom. The van der Waals surface area contributed by atoms with Gasteiger partial charge in [-0.3, -0.25) is 9.69 Å². The summed E-state index contributed by atoms with van der Waals surface area (Å²) in [5, 5.41) is 0.793. The zero-order chi connectivity index (χ0) is 19.0. The third-order valence-electron chi connectivity index (χ3n) is 5.03. The minimum absolute atomic E-state index is 0.104. The minimum Gasteiger partial charge on any atom is -0.493 e. The molecule has 3 aromatic rings. The summed E-state index contributed by atoms with van der Waals surface area (Å²) in [6.07, 6.45) is 0. The smallest absolute Gasteiger partial charge is 0.252 e. The van der Waals surface area contributed by atoms with Crippen molar-refractivity contribution in [2.45, 2.75) is 19.6 Å². The van der Waals surface area contributed by atoms with Crippen molar-refractivity contribution in [3.05, 3.63) is 63.4 Å². The van der Waals surface area contributed by atoms with Gasteiger partial charge in [0.15, 0.2) is 11.5 Å². The number of H-pyrrole nitrogens is 1. The molecule has 0 fully saturated rings. The van der Waals surface area contributed by atoms with Gasteiger partial charge in [-0.1, -0.05) is 24.3 Å². The van der Waals surface area contributed by atoms with Crippen LogP contribution >= 0.6 is 0 Å². The Morgan fingerprint density at radius 3 is 2.22 bits per heavy atom. The minimum atomic E-state index is -0.104. The topological polar surface area (TPSA) is 63.8 Å². The van der Waals surface area contributed by atoms with Crippen molar-refractivity contribution >= 4 is 10.9 Å². The SMILES string of the molecule is COc1cc2[nH]c(=O)c(CN3Cc4ccccc4C3)cc2c(OC)c1OC. The summed E-state index contributed by atoms with van der Waals surface area (Å²) in [7, 11) is 4.71. The molecule has 0 saturated carbocycles. The molecular weight excluding hydrogens is 344 g/mol. The number of pyridine rings is 1. The maximum absolute atomic E-state index is 12.7. The molecule has 0 radical (unpaired) electrons. The van der Waals surface area contributed by atoms with E-state index in [1.165, 1.54) is 11.1 Å². The van der Waals surface area contributed by atoms with Gasteiger partial charge in [-0.25, -0.2) is 0 Å². The van der Waals surface area contributed by atoms with Gasteiger partial charge in [-0.15, -0.1) is 0 Å². The second-order valence-electron chi connectivity index (χ2n) is 6.64. The van der Waals surface area contributed by atoms with Crippen LogP contribution in [0.15, 0.2) is 41.2 Å². The molecule has 0 atom stereocenters. The number of nitrogens with zero attached hydrogens (tertiary/aromatic N) is 1. The van der Waals surface area contributed by atoms with Gasteiger partial charge in [0.05, 0.1) is 26.8 Å². The van der Waals surface area contributed by atoms with Gasteiger partial charge in [0.1, 0.15) is 0 Å². The number of methoxy groups -OCH3 is 3. The van der Waals surface area contributed by atoms with Crippen LogP contribution in [0.3, 0.4) is 0 Å². The monoisotopic (exact) mass is 366 g/mol. The molecule has 0 saturated heterocycles. The van der Waals surface area contributed by atoms with Gasteiger partial charge in [0, 0.05) is 36.7 Å². The molecule has 6 heteroatoms. The van der Waals surface area contributed by atoms with Crippen LogP contribution < -0.4 is 19.8 Å². The van der Waals surface area contributed by atoms with Crippen molar-refractivity contribution in [2.24, 2.45) is 0 Å². The van der Waals surface area contributed by atoms with E-state index in [1.54, 1.807) is 27.4 Å². The van der Waals surface area contributed by atoms with E-state index >= 15 is 0 Å². The van der Waals surface area contributed by atoms with Crippen molar-refractivity contribution in [2.75, 3.05) is 21.3 Å². The highest BCUT2D eigenvalue weighted by Gasteiger charge is 2.21. The van der Waals surface area contributed by atoms with Gasteiger partial charge in [0.2, 0.25) is 5.75 Å². The number of aromatic amines is 1. The Morgan fingerprint density at radius 2 is 1.63 bits per heavy atom. The highest BCUT2D eigenvalue weighted by molar-refractivity contribution is 5.90. The van der Waals surface area contributed by atoms with Gasteiger partial charge in [-0.05, 0) is 17.2 Å². The fraction of sp³-hybridized carbons (Fsp3) is 0.286. The van der Waals surface area contributed by atoms with E-state index in [9.17, 15) is 4.79 Å². The summed E-state index contributed by atoms with van der Waals surface area (Å²) in [4.78, 5) is 17.9. The average molecular weight is 366 g/mol. The first-order chi connectivity index (χ1) is 13.1. The van der Waals surface area contributed by atoms with Crippen LogP contribution in [-0.2, 0) is 19.6 Å². The van der Waals surface area contributed by atoms with E-state index < -0.39 is 0 Å². The lowest BCUT2D eigenvalue weighted by molar-refractivity contribution is 0.274. The summed E-state index contributed by atoms with van der Waals surface area (Å²) in [6.45, 7) is 2.25. The third kappa shape index (κ3) is 3.02. The molecular formula is C21H22N2O4. The second kappa shape index (κ2) is 6.96. The number of nitrogens with one attached hydrogen (secondary N) is 1. The predicted octanol–water partition coefficient (Wildman–Crippen LogP) is 3.07. The maximum atomic E-state index is 12.7. The molecule has 6 nitrogen and oxygen atoms in total.